The average molecular weight is 539 g/mol. The lowest BCUT2D eigenvalue weighted by Gasteiger charge is -2.10. The van der Waals surface area contributed by atoms with Crippen molar-refractivity contribution in [3.8, 4) is 11.5 Å². The van der Waals surface area contributed by atoms with Gasteiger partial charge < -0.3 is 20.1 Å². The van der Waals surface area contributed by atoms with Gasteiger partial charge in [0.25, 0.3) is 5.91 Å². The fraction of sp³-hybridized carbons (Fsp3) is 0.222. The third-order valence-corrected chi connectivity index (χ3v) is 5.52. The monoisotopic (exact) mass is 538 g/mol. The molecule has 0 saturated carbocycles. The standard InChI is InChI=1S/C27H27BrN2O5/c1-18-6-15-24(19(2)16-18)30-26(32)17-34-27(33)5-3-4-25(31)29-21-9-13-23(14-10-21)35-22-11-7-20(28)8-12-22/h6-16H,3-5,17H2,1-2H3,(H,29,31)(H,30,32). The van der Waals surface area contributed by atoms with Crippen LogP contribution in [0.5, 0.6) is 11.5 Å². The largest absolute Gasteiger partial charge is 0.457 e. The normalized spacial score (nSPS) is 10.4. The predicted octanol–water partition coefficient (Wildman–Crippen LogP) is 6.15. The minimum atomic E-state index is -0.525. The quantitative estimate of drug-likeness (QED) is 0.302. The number of hydrogen-bond acceptors (Lipinski definition) is 5. The summed E-state index contributed by atoms with van der Waals surface area (Å²) in [5.74, 6) is 0.208. The van der Waals surface area contributed by atoms with Gasteiger partial charge in [0.1, 0.15) is 11.5 Å². The van der Waals surface area contributed by atoms with Gasteiger partial charge in [0.2, 0.25) is 5.91 Å². The van der Waals surface area contributed by atoms with E-state index in [2.05, 4.69) is 26.6 Å². The summed E-state index contributed by atoms with van der Waals surface area (Å²) in [7, 11) is 0. The lowest BCUT2D eigenvalue weighted by molar-refractivity contribution is -0.147. The fourth-order valence-corrected chi connectivity index (χ4v) is 3.48. The van der Waals surface area contributed by atoms with Crippen molar-refractivity contribution >= 4 is 45.1 Å². The molecule has 0 radical (unpaired) electrons. The van der Waals surface area contributed by atoms with E-state index in [0.29, 0.717) is 29.3 Å². The van der Waals surface area contributed by atoms with Gasteiger partial charge in [-0.25, -0.2) is 0 Å². The molecule has 2 amide bonds. The lowest BCUT2D eigenvalue weighted by Crippen LogP contribution is -2.21. The number of anilines is 2. The molecular formula is C27H27BrN2O5. The maximum atomic E-state index is 12.2. The van der Waals surface area contributed by atoms with Gasteiger partial charge in [-0.1, -0.05) is 33.6 Å². The van der Waals surface area contributed by atoms with Gasteiger partial charge in [-0.15, -0.1) is 0 Å². The molecule has 35 heavy (non-hydrogen) atoms. The van der Waals surface area contributed by atoms with Crippen molar-refractivity contribution in [3.05, 3.63) is 82.3 Å². The molecule has 0 saturated heterocycles. The molecule has 0 aromatic heterocycles. The van der Waals surface area contributed by atoms with E-state index in [1.165, 1.54) is 0 Å². The highest BCUT2D eigenvalue weighted by Crippen LogP contribution is 2.24. The first-order chi connectivity index (χ1) is 16.8. The first-order valence-corrected chi connectivity index (χ1v) is 11.9. The van der Waals surface area contributed by atoms with Crippen LogP contribution >= 0.6 is 15.9 Å². The highest BCUT2D eigenvalue weighted by atomic mass is 79.9. The number of rotatable bonds is 10. The Labute approximate surface area is 213 Å². The molecule has 7 nitrogen and oxygen atoms in total. The summed E-state index contributed by atoms with van der Waals surface area (Å²) < 4.78 is 11.7. The number of halogens is 1. The smallest absolute Gasteiger partial charge is 0.306 e. The zero-order valence-electron chi connectivity index (χ0n) is 19.6. The summed E-state index contributed by atoms with van der Waals surface area (Å²) in [6.45, 7) is 3.50. The third-order valence-electron chi connectivity index (χ3n) is 4.99. The second kappa shape index (κ2) is 12.7. The summed E-state index contributed by atoms with van der Waals surface area (Å²) in [6, 6.07) is 20.2. The van der Waals surface area contributed by atoms with E-state index >= 15 is 0 Å². The summed E-state index contributed by atoms with van der Waals surface area (Å²) in [4.78, 5) is 36.1. The summed E-state index contributed by atoms with van der Waals surface area (Å²) in [5, 5.41) is 5.51. The van der Waals surface area contributed by atoms with Crippen molar-refractivity contribution < 1.29 is 23.9 Å². The lowest BCUT2D eigenvalue weighted by atomic mass is 10.1. The van der Waals surface area contributed by atoms with E-state index in [-0.39, 0.29) is 25.4 Å². The van der Waals surface area contributed by atoms with Gasteiger partial charge in [-0.3, -0.25) is 14.4 Å². The maximum Gasteiger partial charge on any atom is 0.306 e. The average Bonchev–Trinajstić information content (AvgIpc) is 2.82. The summed E-state index contributed by atoms with van der Waals surface area (Å²) in [5.41, 5.74) is 3.34. The van der Waals surface area contributed by atoms with Crippen LogP contribution in [0, 0.1) is 13.8 Å². The van der Waals surface area contributed by atoms with E-state index in [4.69, 9.17) is 9.47 Å². The zero-order chi connectivity index (χ0) is 25.2. The Morgan fingerprint density at radius 2 is 1.46 bits per heavy atom. The van der Waals surface area contributed by atoms with Gasteiger partial charge in [-0.05, 0) is 80.4 Å². The molecule has 3 rings (SSSR count). The first kappa shape index (κ1) is 26.0. The molecular weight excluding hydrogens is 512 g/mol. The second-order valence-electron chi connectivity index (χ2n) is 8.01. The molecule has 182 valence electrons. The van der Waals surface area contributed by atoms with Crippen LogP contribution in [0.25, 0.3) is 0 Å². The Morgan fingerprint density at radius 1 is 0.800 bits per heavy atom. The number of benzene rings is 3. The molecule has 0 unspecified atom stereocenters. The Bertz CT molecular complexity index is 1180. The number of nitrogens with one attached hydrogen (secondary N) is 2. The van der Waals surface area contributed by atoms with Crippen LogP contribution < -0.4 is 15.4 Å². The van der Waals surface area contributed by atoms with Crippen molar-refractivity contribution in [3.63, 3.8) is 0 Å². The number of carbonyl (C=O) groups is 3. The van der Waals surface area contributed by atoms with E-state index in [1.807, 2.05) is 56.3 Å². The second-order valence-corrected chi connectivity index (χ2v) is 8.93. The maximum absolute atomic E-state index is 12.2. The molecule has 3 aromatic carbocycles. The van der Waals surface area contributed by atoms with Crippen LogP contribution in [0.2, 0.25) is 0 Å². The summed E-state index contributed by atoms with van der Waals surface area (Å²) in [6.07, 6.45) is 0.513. The highest BCUT2D eigenvalue weighted by molar-refractivity contribution is 9.10. The van der Waals surface area contributed by atoms with Crippen LogP contribution in [0.3, 0.4) is 0 Å². The van der Waals surface area contributed by atoms with Gasteiger partial charge >= 0.3 is 5.97 Å². The van der Waals surface area contributed by atoms with Crippen molar-refractivity contribution in [1.82, 2.24) is 0 Å². The Balaban J connectivity index is 1.33. The number of amides is 2. The molecule has 0 heterocycles. The predicted molar refractivity (Wildman–Crippen MR) is 139 cm³/mol. The van der Waals surface area contributed by atoms with Gasteiger partial charge in [0.05, 0.1) is 0 Å². The number of esters is 1. The van der Waals surface area contributed by atoms with Crippen LogP contribution in [-0.2, 0) is 19.1 Å². The van der Waals surface area contributed by atoms with E-state index in [9.17, 15) is 14.4 Å². The molecule has 0 aliphatic carbocycles. The van der Waals surface area contributed by atoms with E-state index in [0.717, 1.165) is 15.6 Å². The minimum absolute atomic E-state index is 0.0459. The van der Waals surface area contributed by atoms with E-state index in [1.54, 1.807) is 24.3 Å². The molecule has 0 aliphatic heterocycles. The van der Waals surface area contributed by atoms with Crippen LogP contribution in [0.1, 0.15) is 30.4 Å². The SMILES string of the molecule is Cc1ccc(NC(=O)COC(=O)CCCC(=O)Nc2ccc(Oc3ccc(Br)cc3)cc2)c(C)c1. The fourth-order valence-electron chi connectivity index (χ4n) is 3.22. The molecule has 0 aliphatic rings. The minimum Gasteiger partial charge on any atom is -0.457 e. The van der Waals surface area contributed by atoms with Crippen molar-refractivity contribution in [1.29, 1.82) is 0 Å². The molecule has 0 bridgehead atoms. The first-order valence-electron chi connectivity index (χ1n) is 11.1. The van der Waals surface area contributed by atoms with Gasteiger partial charge in [-0.2, -0.15) is 0 Å². The Morgan fingerprint density at radius 3 is 2.11 bits per heavy atom. The number of aryl methyl sites for hydroxylation is 2. The molecule has 0 fully saturated rings. The third kappa shape index (κ3) is 8.90. The molecule has 3 aromatic rings. The van der Waals surface area contributed by atoms with Crippen LogP contribution in [0.15, 0.2) is 71.2 Å². The number of ether oxygens (including phenoxy) is 2. The number of carbonyl (C=O) groups excluding carboxylic acids is 3. The van der Waals surface area contributed by atoms with E-state index < -0.39 is 11.9 Å². The van der Waals surface area contributed by atoms with Crippen molar-refractivity contribution in [2.24, 2.45) is 0 Å². The van der Waals surface area contributed by atoms with Gasteiger partial charge in [0.15, 0.2) is 6.61 Å². The molecule has 8 heteroatoms. The molecule has 0 atom stereocenters. The summed E-state index contributed by atoms with van der Waals surface area (Å²) >= 11 is 3.38. The van der Waals surface area contributed by atoms with Crippen LogP contribution in [0.4, 0.5) is 11.4 Å². The highest BCUT2D eigenvalue weighted by Gasteiger charge is 2.11. The molecule has 2 N–H and O–H groups in total. The Hall–Kier alpha value is -3.65. The number of hydrogen-bond donors (Lipinski definition) is 2. The Kier molecular flexibility index (Phi) is 9.43. The van der Waals surface area contributed by atoms with Gasteiger partial charge in [0, 0.05) is 28.7 Å². The van der Waals surface area contributed by atoms with Crippen molar-refractivity contribution in [2.45, 2.75) is 33.1 Å². The molecule has 0 spiro atoms. The topological polar surface area (TPSA) is 93.7 Å². The van der Waals surface area contributed by atoms with Crippen molar-refractivity contribution in [2.75, 3.05) is 17.2 Å². The van der Waals surface area contributed by atoms with Crippen LogP contribution in [-0.4, -0.2) is 24.4 Å². The zero-order valence-corrected chi connectivity index (χ0v) is 21.2.